The van der Waals surface area contributed by atoms with Crippen molar-refractivity contribution in [2.75, 3.05) is 0 Å². The highest BCUT2D eigenvalue weighted by Crippen LogP contribution is 2.14. The quantitative estimate of drug-likeness (QED) is 0.552. The fraction of sp³-hybridized carbons (Fsp3) is 0.333. The van der Waals surface area contributed by atoms with Crippen LogP contribution in [-0.4, -0.2) is 25.5 Å². The Hall–Kier alpha value is -2.82. The lowest BCUT2D eigenvalue weighted by molar-refractivity contribution is -0.118. The van der Waals surface area contributed by atoms with Crippen molar-refractivity contribution in [2.45, 2.75) is 38.5 Å². The number of ketones is 1. The zero-order chi connectivity index (χ0) is 18.2. The lowest BCUT2D eigenvalue weighted by Gasteiger charge is -2.01. The van der Waals surface area contributed by atoms with E-state index in [2.05, 4.69) is 39.3 Å². The largest absolute Gasteiger partial charge is 0.299 e. The molecule has 0 N–H and O–H groups in total. The van der Waals surface area contributed by atoms with Crippen LogP contribution in [0, 0.1) is 0 Å². The molecule has 0 aliphatic heterocycles. The molecule has 0 amide bonds. The number of Topliss-reactive ketones (excluding diaryl/α,β-unsaturated/α-hetero) is 1. The SMILES string of the molecule is Cn1nc(CC(=O)CCCCCc2ccccc2)nc1-c1ccccn1. The van der Waals surface area contributed by atoms with Crippen molar-refractivity contribution in [1.82, 2.24) is 19.7 Å². The number of carbonyl (C=O) groups excluding carboxylic acids is 1. The van der Waals surface area contributed by atoms with Gasteiger partial charge in [0.2, 0.25) is 0 Å². The second-order valence-electron chi connectivity index (χ2n) is 6.45. The molecule has 2 heterocycles. The normalized spacial score (nSPS) is 10.8. The van der Waals surface area contributed by atoms with E-state index in [0.29, 0.717) is 24.5 Å². The fourth-order valence-electron chi connectivity index (χ4n) is 2.97. The highest BCUT2D eigenvalue weighted by molar-refractivity contribution is 5.80. The predicted octanol–water partition coefficient (Wildman–Crippen LogP) is 3.79. The molecule has 3 rings (SSSR count). The van der Waals surface area contributed by atoms with Crippen LogP contribution in [0.4, 0.5) is 0 Å². The highest BCUT2D eigenvalue weighted by atomic mass is 16.1. The lowest BCUT2D eigenvalue weighted by Crippen LogP contribution is -2.04. The van der Waals surface area contributed by atoms with Crippen LogP contribution in [-0.2, 0) is 24.7 Å². The Balaban J connectivity index is 1.42. The fourth-order valence-corrected chi connectivity index (χ4v) is 2.97. The number of nitrogens with zero attached hydrogens (tertiary/aromatic N) is 4. The van der Waals surface area contributed by atoms with Crippen LogP contribution in [0.3, 0.4) is 0 Å². The van der Waals surface area contributed by atoms with E-state index >= 15 is 0 Å². The Morgan fingerprint density at radius 3 is 2.58 bits per heavy atom. The second-order valence-corrected chi connectivity index (χ2v) is 6.45. The number of pyridine rings is 1. The van der Waals surface area contributed by atoms with E-state index in [1.165, 1.54) is 5.56 Å². The van der Waals surface area contributed by atoms with Crippen LogP contribution in [0.15, 0.2) is 54.7 Å². The van der Waals surface area contributed by atoms with Crippen LogP contribution in [0.5, 0.6) is 0 Å². The Labute approximate surface area is 154 Å². The smallest absolute Gasteiger partial charge is 0.176 e. The van der Waals surface area contributed by atoms with Crippen molar-refractivity contribution in [3.63, 3.8) is 0 Å². The molecule has 0 radical (unpaired) electrons. The number of hydrogen-bond acceptors (Lipinski definition) is 4. The molecule has 0 bridgehead atoms. The Morgan fingerprint density at radius 1 is 1.00 bits per heavy atom. The van der Waals surface area contributed by atoms with E-state index in [9.17, 15) is 4.79 Å². The average molecular weight is 348 g/mol. The van der Waals surface area contributed by atoms with Crippen molar-refractivity contribution in [2.24, 2.45) is 7.05 Å². The summed E-state index contributed by atoms with van der Waals surface area (Å²) >= 11 is 0. The minimum absolute atomic E-state index is 0.197. The molecule has 0 saturated carbocycles. The van der Waals surface area contributed by atoms with E-state index in [1.807, 2.05) is 31.3 Å². The second kappa shape index (κ2) is 9.04. The summed E-state index contributed by atoms with van der Waals surface area (Å²) in [4.78, 5) is 21.0. The molecule has 26 heavy (non-hydrogen) atoms. The molecule has 1 aromatic carbocycles. The van der Waals surface area contributed by atoms with E-state index < -0.39 is 0 Å². The zero-order valence-corrected chi connectivity index (χ0v) is 15.1. The molecule has 0 aliphatic rings. The maximum atomic E-state index is 12.2. The van der Waals surface area contributed by atoms with Gasteiger partial charge in [-0.3, -0.25) is 9.78 Å². The molecule has 0 unspecified atom stereocenters. The van der Waals surface area contributed by atoms with E-state index in [-0.39, 0.29) is 5.78 Å². The number of carbonyl (C=O) groups is 1. The predicted molar refractivity (Wildman–Crippen MR) is 102 cm³/mol. The topological polar surface area (TPSA) is 60.7 Å². The molecule has 0 aliphatic carbocycles. The van der Waals surface area contributed by atoms with Gasteiger partial charge in [-0.25, -0.2) is 9.67 Å². The first kappa shape index (κ1) is 18.0. The Bertz CT molecular complexity index is 828. The van der Waals surface area contributed by atoms with Crippen LogP contribution in [0.1, 0.15) is 37.1 Å². The molecule has 0 spiro atoms. The summed E-state index contributed by atoms with van der Waals surface area (Å²) < 4.78 is 1.69. The molecule has 3 aromatic rings. The molecule has 0 saturated heterocycles. The number of hydrogen-bond donors (Lipinski definition) is 0. The van der Waals surface area contributed by atoms with Gasteiger partial charge in [0.1, 0.15) is 11.5 Å². The van der Waals surface area contributed by atoms with Gasteiger partial charge in [0.25, 0.3) is 0 Å². The van der Waals surface area contributed by atoms with Gasteiger partial charge in [0.15, 0.2) is 11.6 Å². The molecular weight excluding hydrogens is 324 g/mol. The zero-order valence-electron chi connectivity index (χ0n) is 15.1. The highest BCUT2D eigenvalue weighted by Gasteiger charge is 2.13. The third kappa shape index (κ3) is 5.09. The van der Waals surface area contributed by atoms with Crippen LogP contribution in [0.2, 0.25) is 0 Å². The van der Waals surface area contributed by atoms with E-state index in [1.54, 1.807) is 10.9 Å². The number of benzene rings is 1. The molecule has 5 nitrogen and oxygen atoms in total. The van der Waals surface area contributed by atoms with Crippen molar-refractivity contribution in [3.05, 3.63) is 66.1 Å². The Kier molecular flexibility index (Phi) is 6.25. The number of aryl methyl sites for hydroxylation is 2. The summed E-state index contributed by atoms with van der Waals surface area (Å²) in [6, 6.07) is 16.1. The van der Waals surface area contributed by atoms with Crippen LogP contribution < -0.4 is 0 Å². The first-order valence-corrected chi connectivity index (χ1v) is 9.09. The molecule has 2 aromatic heterocycles. The van der Waals surface area contributed by atoms with Gasteiger partial charge in [-0.1, -0.05) is 42.8 Å². The summed E-state index contributed by atoms with van der Waals surface area (Å²) in [5.74, 6) is 1.46. The van der Waals surface area contributed by atoms with E-state index in [4.69, 9.17) is 0 Å². The first-order chi connectivity index (χ1) is 12.7. The number of rotatable bonds is 9. The average Bonchev–Trinajstić information content (AvgIpc) is 3.03. The summed E-state index contributed by atoms with van der Waals surface area (Å²) in [6.45, 7) is 0. The molecule has 134 valence electrons. The minimum atomic E-state index is 0.197. The molecule has 0 atom stereocenters. The van der Waals surface area contributed by atoms with Gasteiger partial charge < -0.3 is 0 Å². The van der Waals surface area contributed by atoms with E-state index in [0.717, 1.165) is 31.4 Å². The Morgan fingerprint density at radius 2 is 1.81 bits per heavy atom. The lowest BCUT2D eigenvalue weighted by atomic mass is 10.0. The third-order valence-corrected chi connectivity index (χ3v) is 4.32. The minimum Gasteiger partial charge on any atom is -0.299 e. The van der Waals surface area contributed by atoms with Crippen molar-refractivity contribution < 1.29 is 4.79 Å². The maximum Gasteiger partial charge on any atom is 0.176 e. The van der Waals surface area contributed by atoms with Gasteiger partial charge in [0, 0.05) is 19.7 Å². The monoisotopic (exact) mass is 348 g/mol. The van der Waals surface area contributed by atoms with Gasteiger partial charge >= 0.3 is 0 Å². The van der Waals surface area contributed by atoms with Crippen molar-refractivity contribution in [3.8, 4) is 11.5 Å². The number of unbranched alkanes of at least 4 members (excludes halogenated alkanes) is 2. The van der Waals surface area contributed by atoms with Gasteiger partial charge in [-0.2, -0.15) is 5.10 Å². The van der Waals surface area contributed by atoms with Gasteiger partial charge in [0.05, 0.1) is 6.42 Å². The van der Waals surface area contributed by atoms with Crippen molar-refractivity contribution >= 4 is 5.78 Å². The summed E-state index contributed by atoms with van der Waals surface area (Å²) in [7, 11) is 1.83. The standard InChI is InChI=1S/C21H24N4O/c1-25-21(19-14-8-9-15-22-19)23-20(24-25)16-18(26)13-7-3-6-12-17-10-4-2-5-11-17/h2,4-5,8-11,14-15H,3,6-7,12-13,16H2,1H3. The number of aromatic nitrogens is 4. The van der Waals surface area contributed by atoms with Crippen molar-refractivity contribution in [1.29, 1.82) is 0 Å². The summed E-state index contributed by atoms with van der Waals surface area (Å²) in [5.41, 5.74) is 2.13. The third-order valence-electron chi connectivity index (χ3n) is 4.32. The first-order valence-electron chi connectivity index (χ1n) is 9.09. The summed E-state index contributed by atoms with van der Waals surface area (Å²) in [5, 5.41) is 4.36. The molecule has 0 fully saturated rings. The molecular formula is C21H24N4O. The maximum absolute atomic E-state index is 12.2. The molecule has 5 heteroatoms. The summed E-state index contributed by atoms with van der Waals surface area (Å²) in [6.07, 6.45) is 6.78. The van der Waals surface area contributed by atoms with Gasteiger partial charge in [-0.05, 0) is 37.0 Å². The van der Waals surface area contributed by atoms with Crippen LogP contribution >= 0.6 is 0 Å². The van der Waals surface area contributed by atoms with Gasteiger partial charge in [-0.15, -0.1) is 0 Å². The van der Waals surface area contributed by atoms with Crippen LogP contribution in [0.25, 0.3) is 11.5 Å².